The summed E-state index contributed by atoms with van der Waals surface area (Å²) in [5, 5.41) is 8.23. The predicted octanol–water partition coefficient (Wildman–Crippen LogP) is 6.73. The van der Waals surface area contributed by atoms with Crippen molar-refractivity contribution in [3.05, 3.63) is 96.7 Å². The molecule has 0 spiro atoms. The van der Waals surface area contributed by atoms with E-state index in [0.29, 0.717) is 5.75 Å². The number of nitrogens with one attached hydrogen (secondary N) is 2. The fraction of sp³-hybridized carbons (Fsp3) is 0.258. The normalized spacial score (nSPS) is 12.8. The van der Waals surface area contributed by atoms with Crippen LogP contribution in [-0.2, 0) is 17.6 Å². The molecule has 7 nitrogen and oxygen atoms in total. The molecule has 0 aliphatic heterocycles. The molecule has 0 saturated heterocycles. The smallest absolute Gasteiger partial charge is 0.277 e. The number of para-hydroxylation sites is 1. The molecule has 5 rings (SSSR count). The van der Waals surface area contributed by atoms with Gasteiger partial charge in [0.05, 0.1) is 15.3 Å². The maximum absolute atomic E-state index is 13.7. The molecule has 0 radical (unpaired) electrons. The number of aromatic nitrogens is 1. The Morgan fingerprint density at radius 2 is 1.82 bits per heavy atom. The van der Waals surface area contributed by atoms with E-state index in [1.807, 2.05) is 75.4 Å². The maximum Gasteiger partial charge on any atom is 0.277 e. The SMILES string of the molecule is Cc1ccc(NC(=O)c2c(-n3c(C)cc(/C=N/NC(=O)COc4ccccc4I)c3C)sc3c2CCCC3)cc1. The lowest BCUT2D eigenvalue weighted by molar-refractivity contribution is -0.123. The van der Waals surface area contributed by atoms with Crippen LogP contribution in [0.3, 0.4) is 0 Å². The van der Waals surface area contributed by atoms with Crippen LogP contribution >= 0.6 is 33.9 Å². The maximum atomic E-state index is 13.7. The molecule has 1 aliphatic rings. The van der Waals surface area contributed by atoms with E-state index in [-0.39, 0.29) is 18.4 Å². The van der Waals surface area contributed by atoms with Crippen LogP contribution in [0.2, 0.25) is 0 Å². The molecule has 2 heterocycles. The van der Waals surface area contributed by atoms with Crippen LogP contribution in [0.15, 0.2) is 59.7 Å². The second-order valence-electron chi connectivity index (χ2n) is 9.89. The van der Waals surface area contributed by atoms with Gasteiger partial charge >= 0.3 is 0 Å². The number of thiophene rings is 1. The third kappa shape index (κ3) is 6.15. The van der Waals surface area contributed by atoms with E-state index in [1.54, 1.807) is 17.6 Å². The van der Waals surface area contributed by atoms with Gasteiger partial charge < -0.3 is 14.6 Å². The van der Waals surface area contributed by atoms with Crippen LogP contribution in [0.25, 0.3) is 5.00 Å². The molecular weight excluding hydrogens is 635 g/mol. The first-order valence-electron chi connectivity index (χ1n) is 13.2. The Balaban J connectivity index is 1.36. The summed E-state index contributed by atoms with van der Waals surface area (Å²) in [6.07, 6.45) is 5.77. The Kier molecular flexibility index (Phi) is 8.70. The Labute approximate surface area is 251 Å². The Bertz CT molecular complexity index is 1590. The minimum atomic E-state index is -0.342. The quantitative estimate of drug-likeness (QED) is 0.124. The highest BCUT2D eigenvalue weighted by atomic mass is 127. The molecule has 0 saturated carbocycles. The van der Waals surface area contributed by atoms with E-state index in [4.69, 9.17) is 4.74 Å². The number of ether oxygens (including phenoxy) is 1. The van der Waals surface area contributed by atoms with Gasteiger partial charge in [-0.3, -0.25) is 9.59 Å². The van der Waals surface area contributed by atoms with E-state index in [9.17, 15) is 9.59 Å². The summed E-state index contributed by atoms with van der Waals surface area (Å²) in [6.45, 7) is 5.94. The average Bonchev–Trinajstić information content (AvgIpc) is 3.45. The van der Waals surface area contributed by atoms with E-state index >= 15 is 0 Å². The van der Waals surface area contributed by atoms with Gasteiger partial charge in [0.2, 0.25) is 0 Å². The van der Waals surface area contributed by atoms with Crippen LogP contribution in [-0.4, -0.2) is 29.2 Å². The molecule has 1 aliphatic carbocycles. The van der Waals surface area contributed by atoms with E-state index < -0.39 is 0 Å². The number of anilines is 1. The fourth-order valence-electron chi connectivity index (χ4n) is 4.92. The van der Waals surface area contributed by atoms with Gasteiger partial charge in [-0.1, -0.05) is 29.8 Å². The van der Waals surface area contributed by atoms with Gasteiger partial charge in [-0.25, -0.2) is 5.43 Å². The summed E-state index contributed by atoms with van der Waals surface area (Å²) in [4.78, 5) is 27.3. The van der Waals surface area contributed by atoms with Gasteiger partial charge in [0, 0.05) is 27.5 Å². The molecule has 0 unspecified atom stereocenters. The summed E-state index contributed by atoms with van der Waals surface area (Å²) in [5.41, 5.74) is 9.22. The van der Waals surface area contributed by atoms with Crippen LogP contribution < -0.4 is 15.5 Å². The highest BCUT2D eigenvalue weighted by Crippen LogP contribution is 2.39. The summed E-state index contributed by atoms with van der Waals surface area (Å²) in [5.74, 6) is 0.235. The summed E-state index contributed by atoms with van der Waals surface area (Å²) in [6, 6.07) is 17.4. The third-order valence-electron chi connectivity index (χ3n) is 6.95. The zero-order valence-electron chi connectivity index (χ0n) is 22.7. The third-order valence-corrected chi connectivity index (χ3v) is 9.12. The van der Waals surface area contributed by atoms with Crippen LogP contribution in [0.1, 0.15) is 56.2 Å². The first kappa shape index (κ1) is 28.1. The van der Waals surface area contributed by atoms with E-state index in [2.05, 4.69) is 43.0 Å². The number of fused-ring (bicyclic) bond motifs is 1. The zero-order chi connectivity index (χ0) is 28.2. The first-order chi connectivity index (χ1) is 19.3. The number of amides is 2. The Morgan fingerprint density at radius 3 is 2.60 bits per heavy atom. The number of hydrazone groups is 1. The minimum Gasteiger partial charge on any atom is -0.483 e. The molecule has 4 aromatic rings. The highest BCUT2D eigenvalue weighted by Gasteiger charge is 2.28. The molecule has 2 aromatic carbocycles. The van der Waals surface area contributed by atoms with Gasteiger partial charge in [0.1, 0.15) is 10.8 Å². The first-order valence-corrected chi connectivity index (χ1v) is 15.1. The van der Waals surface area contributed by atoms with E-state index in [0.717, 1.165) is 68.0 Å². The predicted molar refractivity (Wildman–Crippen MR) is 169 cm³/mol. The van der Waals surface area contributed by atoms with Crippen molar-refractivity contribution >= 4 is 57.6 Å². The van der Waals surface area contributed by atoms with Gasteiger partial charge in [0.15, 0.2) is 6.61 Å². The number of hydrogen-bond acceptors (Lipinski definition) is 5. The summed E-state index contributed by atoms with van der Waals surface area (Å²) < 4.78 is 8.67. The lowest BCUT2D eigenvalue weighted by atomic mass is 9.95. The zero-order valence-corrected chi connectivity index (χ0v) is 25.7. The topological polar surface area (TPSA) is 84.7 Å². The molecule has 0 bridgehead atoms. The lowest BCUT2D eigenvalue weighted by Gasteiger charge is -2.14. The van der Waals surface area contributed by atoms with Crippen molar-refractivity contribution < 1.29 is 14.3 Å². The standard InChI is InChI=1S/C31H31IN4O3S/c1-19-12-14-23(15-13-19)34-30(38)29-24-8-4-7-11-27(24)40-31(29)36-20(2)16-22(21(36)3)17-33-35-28(37)18-39-26-10-6-5-9-25(26)32/h5-6,9-10,12-17H,4,7-8,11,18H2,1-3H3,(H,34,38)(H,35,37)/b33-17+. The Morgan fingerprint density at radius 1 is 1.07 bits per heavy atom. The number of hydrogen-bond donors (Lipinski definition) is 2. The number of aryl methyl sites for hydroxylation is 3. The van der Waals surface area contributed by atoms with Gasteiger partial charge in [0.25, 0.3) is 11.8 Å². The lowest BCUT2D eigenvalue weighted by Crippen LogP contribution is -2.24. The molecule has 0 atom stereocenters. The fourth-order valence-corrected chi connectivity index (χ4v) is 6.96. The molecule has 2 aromatic heterocycles. The van der Waals surface area contributed by atoms with Crippen molar-refractivity contribution in [3.63, 3.8) is 0 Å². The average molecular weight is 667 g/mol. The van der Waals surface area contributed by atoms with Crippen molar-refractivity contribution in [1.29, 1.82) is 0 Å². The molecule has 2 amide bonds. The number of carbonyl (C=O) groups excluding carboxylic acids is 2. The van der Waals surface area contributed by atoms with Gasteiger partial charge in [-0.05, 0) is 105 Å². The second-order valence-corrected chi connectivity index (χ2v) is 12.1. The molecule has 206 valence electrons. The number of nitrogens with zero attached hydrogens (tertiary/aromatic N) is 2. The summed E-state index contributed by atoms with van der Waals surface area (Å²) in [7, 11) is 0. The van der Waals surface area contributed by atoms with Crippen molar-refractivity contribution in [3.8, 4) is 10.8 Å². The van der Waals surface area contributed by atoms with Crippen molar-refractivity contribution in [2.24, 2.45) is 5.10 Å². The number of halogens is 1. The Hall–Kier alpha value is -3.44. The number of rotatable bonds is 8. The van der Waals surface area contributed by atoms with Gasteiger partial charge in [-0.15, -0.1) is 11.3 Å². The van der Waals surface area contributed by atoms with Crippen molar-refractivity contribution in [2.45, 2.75) is 46.5 Å². The largest absolute Gasteiger partial charge is 0.483 e. The molecule has 40 heavy (non-hydrogen) atoms. The monoisotopic (exact) mass is 666 g/mol. The molecule has 2 N–H and O–H groups in total. The van der Waals surface area contributed by atoms with Crippen LogP contribution in [0, 0.1) is 24.3 Å². The number of benzene rings is 2. The molecular formula is C31H31IN4O3S. The van der Waals surface area contributed by atoms with Gasteiger partial charge in [-0.2, -0.15) is 5.10 Å². The molecule has 9 heteroatoms. The van der Waals surface area contributed by atoms with Crippen LogP contribution in [0.5, 0.6) is 5.75 Å². The highest BCUT2D eigenvalue weighted by molar-refractivity contribution is 14.1. The molecule has 0 fully saturated rings. The minimum absolute atomic E-state index is 0.0821. The van der Waals surface area contributed by atoms with Crippen LogP contribution in [0.4, 0.5) is 5.69 Å². The number of carbonyl (C=O) groups is 2. The van der Waals surface area contributed by atoms with Crippen molar-refractivity contribution in [1.82, 2.24) is 9.99 Å². The van der Waals surface area contributed by atoms with E-state index in [1.165, 1.54) is 10.4 Å². The van der Waals surface area contributed by atoms with Crippen molar-refractivity contribution in [2.75, 3.05) is 11.9 Å². The second kappa shape index (κ2) is 12.4. The summed E-state index contributed by atoms with van der Waals surface area (Å²) >= 11 is 3.87.